The van der Waals surface area contributed by atoms with Crippen molar-refractivity contribution in [2.45, 2.75) is 18.9 Å². The molecule has 0 atom stereocenters. The van der Waals surface area contributed by atoms with Gasteiger partial charge in [-0.1, -0.05) is 79.4 Å². The zero-order valence-electron chi connectivity index (χ0n) is 22.4. The number of nitrogens with one attached hydrogen (secondary N) is 2. The van der Waals surface area contributed by atoms with Gasteiger partial charge < -0.3 is 20.3 Å². The number of hydrogen-bond donors (Lipinski definition) is 2. The molecule has 0 radical (unpaired) electrons. The summed E-state index contributed by atoms with van der Waals surface area (Å²) in [4.78, 5) is 17.8. The maximum absolute atomic E-state index is 13.5. The highest BCUT2D eigenvalue weighted by atomic mass is 16.5. The number of piperazine rings is 1. The fourth-order valence-corrected chi connectivity index (χ4v) is 4.97. The van der Waals surface area contributed by atoms with E-state index in [1.165, 1.54) is 11.1 Å². The first-order valence-corrected chi connectivity index (χ1v) is 13.5. The Morgan fingerprint density at radius 1 is 0.974 bits per heavy atom. The van der Waals surface area contributed by atoms with Gasteiger partial charge in [-0.05, 0) is 40.8 Å². The molecule has 3 aromatic rings. The molecular weight excluding hydrogens is 472 g/mol. The van der Waals surface area contributed by atoms with Gasteiger partial charge in [0.1, 0.15) is 5.75 Å². The molecule has 38 heavy (non-hydrogen) atoms. The molecule has 1 heterocycles. The number of hydrogen-bond acceptors (Lipinski definition) is 4. The van der Waals surface area contributed by atoms with E-state index in [1.54, 1.807) is 7.11 Å². The molecule has 200 valence electrons. The summed E-state index contributed by atoms with van der Waals surface area (Å²) in [6, 6.07) is 28.9. The number of carbonyl (C=O) groups is 1. The van der Waals surface area contributed by atoms with Crippen molar-refractivity contribution in [2.24, 2.45) is 0 Å². The molecule has 6 nitrogen and oxygen atoms in total. The number of rotatable bonds is 12. The first-order valence-electron chi connectivity index (χ1n) is 13.5. The predicted octanol–water partition coefficient (Wildman–Crippen LogP) is 4.89. The van der Waals surface area contributed by atoms with Gasteiger partial charge in [-0.3, -0.25) is 4.90 Å². The maximum Gasteiger partial charge on any atom is 0.317 e. The summed E-state index contributed by atoms with van der Waals surface area (Å²) in [5.41, 5.74) is 4.61. The van der Waals surface area contributed by atoms with Crippen molar-refractivity contribution in [3.05, 3.63) is 114 Å². The SMILES string of the molecule is C=C(CN1CCNCC1)CN(CCC(c1ccccc1)c1ccccc1)C(=O)NCc1ccc(OC)cc1. The van der Waals surface area contributed by atoms with Crippen LogP contribution in [-0.4, -0.2) is 68.8 Å². The van der Waals surface area contributed by atoms with Gasteiger partial charge >= 0.3 is 6.03 Å². The third kappa shape index (κ3) is 8.20. The first-order chi connectivity index (χ1) is 18.6. The van der Waals surface area contributed by atoms with E-state index in [0.29, 0.717) is 19.6 Å². The number of amides is 2. The Morgan fingerprint density at radius 3 is 2.16 bits per heavy atom. The van der Waals surface area contributed by atoms with Gasteiger partial charge in [0.15, 0.2) is 0 Å². The number of methoxy groups -OCH3 is 1. The molecule has 0 aromatic heterocycles. The highest BCUT2D eigenvalue weighted by molar-refractivity contribution is 5.74. The summed E-state index contributed by atoms with van der Waals surface area (Å²) in [7, 11) is 1.65. The van der Waals surface area contributed by atoms with E-state index < -0.39 is 0 Å². The summed E-state index contributed by atoms with van der Waals surface area (Å²) in [5, 5.41) is 6.53. The monoisotopic (exact) mass is 512 g/mol. The minimum Gasteiger partial charge on any atom is -0.497 e. The van der Waals surface area contributed by atoms with Gasteiger partial charge in [0, 0.05) is 58.3 Å². The van der Waals surface area contributed by atoms with Crippen molar-refractivity contribution in [1.82, 2.24) is 20.4 Å². The normalized spacial score (nSPS) is 13.7. The van der Waals surface area contributed by atoms with Crippen molar-refractivity contribution in [3.8, 4) is 5.75 Å². The van der Waals surface area contributed by atoms with Crippen LogP contribution in [0.2, 0.25) is 0 Å². The maximum atomic E-state index is 13.5. The second kappa shape index (κ2) is 14.4. The Labute approximate surface area is 227 Å². The minimum absolute atomic E-state index is 0.0675. The lowest BCUT2D eigenvalue weighted by atomic mass is 9.88. The summed E-state index contributed by atoms with van der Waals surface area (Å²) < 4.78 is 5.25. The molecule has 0 bridgehead atoms. The average Bonchev–Trinajstić information content (AvgIpc) is 2.97. The highest BCUT2D eigenvalue weighted by Crippen LogP contribution is 2.28. The molecule has 1 aliphatic rings. The summed E-state index contributed by atoms with van der Waals surface area (Å²) in [6.07, 6.45) is 0.824. The number of benzene rings is 3. The first kappa shape index (κ1) is 27.4. The lowest BCUT2D eigenvalue weighted by Gasteiger charge is -2.31. The van der Waals surface area contributed by atoms with E-state index in [0.717, 1.165) is 56.0 Å². The van der Waals surface area contributed by atoms with E-state index in [1.807, 2.05) is 41.3 Å². The van der Waals surface area contributed by atoms with Gasteiger partial charge in [0.2, 0.25) is 0 Å². The summed E-state index contributed by atoms with van der Waals surface area (Å²) in [6.45, 7) is 10.8. The van der Waals surface area contributed by atoms with Crippen LogP contribution in [0.3, 0.4) is 0 Å². The Bertz CT molecular complexity index is 1090. The van der Waals surface area contributed by atoms with Crippen LogP contribution in [0.5, 0.6) is 5.75 Å². The molecule has 0 spiro atoms. The predicted molar refractivity (Wildman–Crippen MR) is 155 cm³/mol. The van der Waals surface area contributed by atoms with Crippen LogP contribution < -0.4 is 15.4 Å². The van der Waals surface area contributed by atoms with E-state index in [4.69, 9.17) is 4.74 Å². The third-order valence-corrected chi connectivity index (χ3v) is 7.05. The van der Waals surface area contributed by atoms with E-state index in [-0.39, 0.29) is 11.9 Å². The van der Waals surface area contributed by atoms with Gasteiger partial charge in [0.25, 0.3) is 0 Å². The lowest BCUT2D eigenvalue weighted by molar-refractivity contribution is 0.197. The molecular formula is C32H40N4O2. The van der Waals surface area contributed by atoms with Crippen molar-refractivity contribution in [1.29, 1.82) is 0 Å². The molecule has 4 rings (SSSR count). The number of carbonyl (C=O) groups excluding carboxylic acids is 1. The average molecular weight is 513 g/mol. The zero-order chi connectivity index (χ0) is 26.6. The quantitative estimate of drug-likeness (QED) is 0.339. The van der Waals surface area contributed by atoms with Gasteiger partial charge in [-0.2, -0.15) is 0 Å². The largest absolute Gasteiger partial charge is 0.497 e. The van der Waals surface area contributed by atoms with Gasteiger partial charge in [0.05, 0.1) is 7.11 Å². The minimum atomic E-state index is -0.0675. The van der Waals surface area contributed by atoms with Crippen molar-refractivity contribution >= 4 is 6.03 Å². The molecule has 1 aliphatic heterocycles. The van der Waals surface area contributed by atoms with Crippen LogP contribution >= 0.6 is 0 Å². The summed E-state index contributed by atoms with van der Waals surface area (Å²) >= 11 is 0. The van der Waals surface area contributed by atoms with Crippen LogP contribution in [0.4, 0.5) is 4.79 Å². The van der Waals surface area contributed by atoms with Gasteiger partial charge in [-0.15, -0.1) is 0 Å². The summed E-state index contributed by atoms with van der Waals surface area (Å²) in [5.74, 6) is 1.01. The van der Waals surface area contributed by atoms with Crippen molar-refractivity contribution in [2.75, 3.05) is 52.9 Å². The smallest absolute Gasteiger partial charge is 0.317 e. The molecule has 0 saturated carbocycles. The molecule has 0 unspecified atom stereocenters. The van der Waals surface area contributed by atoms with Crippen LogP contribution in [0.15, 0.2) is 97.1 Å². The Kier molecular flexibility index (Phi) is 10.4. The van der Waals surface area contributed by atoms with E-state index in [9.17, 15) is 4.79 Å². The van der Waals surface area contributed by atoms with Crippen molar-refractivity contribution < 1.29 is 9.53 Å². The van der Waals surface area contributed by atoms with Crippen LogP contribution in [0.1, 0.15) is 29.0 Å². The Balaban J connectivity index is 1.45. The Hall–Kier alpha value is -3.61. The lowest BCUT2D eigenvalue weighted by Crippen LogP contribution is -2.46. The second-order valence-electron chi connectivity index (χ2n) is 9.87. The molecule has 6 heteroatoms. The second-order valence-corrected chi connectivity index (χ2v) is 9.87. The molecule has 2 N–H and O–H groups in total. The number of urea groups is 1. The highest BCUT2D eigenvalue weighted by Gasteiger charge is 2.20. The number of nitrogens with zero attached hydrogens (tertiary/aromatic N) is 2. The van der Waals surface area contributed by atoms with Crippen LogP contribution in [-0.2, 0) is 6.54 Å². The molecule has 1 saturated heterocycles. The fourth-order valence-electron chi connectivity index (χ4n) is 4.97. The van der Waals surface area contributed by atoms with E-state index in [2.05, 4.69) is 70.6 Å². The standard InChI is InChI=1S/C32H40N4O2/c1-26(24-35-21-18-33-19-22-35)25-36(32(37)34-23-27-13-15-30(38-2)16-14-27)20-17-31(28-9-5-3-6-10-28)29-11-7-4-8-12-29/h3-16,31,33H,1,17-25H2,2H3,(H,34,37). The van der Waals surface area contributed by atoms with Crippen molar-refractivity contribution in [3.63, 3.8) is 0 Å². The van der Waals surface area contributed by atoms with E-state index >= 15 is 0 Å². The third-order valence-electron chi connectivity index (χ3n) is 7.05. The molecule has 3 aromatic carbocycles. The topological polar surface area (TPSA) is 56.8 Å². The van der Waals surface area contributed by atoms with Crippen LogP contribution in [0.25, 0.3) is 0 Å². The number of ether oxygens (including phenoxy) is 1. The Morgan fingerprint density at radius 2 is 1.58 bits per heavy atom. The molecule has 1 fully saturated rings. The zero-order valence-corrected chi connectivity index (χ0v) is 22.4. The molecule has 0 aliphatic carbocycles. The van der Waals surface area contributed by atoms with Gasteiger partial charge in [-0.25, -0.2) is 4.79 Å². The molecule has 2 amide bonds. The van der Waals surface area contributed by atoms with Crippen LogP contribution in [0, 0.1) is 0 Å². The fraction of sp³-hybridized carbons (Fsp3) is 0.344.